The number of ether oxygens (including phenoxy) is 1. The van der Waals surface area contributed by atoms with Crippen molar-refractivity contribution >= 4 is 35.1 Å². The van der Waals surface area contributed by atoms with E-state index in [2.05, 4.69) is 11.4 Å². The molecule has 1 N–H and O–H groups in total. The van der Waals surface area contributed by atoms with Crippen molar-refractivity contribution in [2.24, 2.45) is 0 Å². The average molecular weight is 392 g/mol. The number of carbonyl (C=O) groups excluding carboxylic acids is 2. The minimum atomic E-state index is -0.922. The summed E-state index contributed by atoms with van der Waals surface area (Å²) in [6.45, 7) is 1.55. The van der Waals surface area contributed by atoms with E-state index in [1.807, 2.05) is 18.2 Å². The molecular weight excluding hydrogens is 373 g/mol. The molecule has 2 atom stereocenters. The summed E-state index contributed by atoms with van der Waals surface area (Å²) in [6.07, 6.45) is 1.97. The van der Waals surface area contributed by atoms with Crippen LogP contribution in [0.5, 0.6) is 0 Å². The number of hydrogen-bond acceptors (Lipinski definition) is 3. The molecule has 2 aromatic carbocycles. The van der Waals surface area contributed by atoms with E-state index in [4.69, 9.17) is 27.9 Å². The van der Waals surface area contributed by atoms with Crippen molar-refractivity contribution in [1.29, 1.82) is 0 Å². The average Bonchev–Trinajstić information content (AvgIpc) is 2.61. The fraction of sp³-hybridized carbons (Fsp3) is 0.300. The van der Waals surface area contributed by atoms with Crippen LogP contribution in [0.25, 0.3) is 0 Å². The molecule has 26 heavy (non-hydrogen) atoms. The molecule has 0 spiro atoms. The summed E-state index contributed by atoms with van der Waals surface area (Å²) in [5, 5.41) is 3.65. The Hall–Kier alpha value is -2.04. The molecule has 0 aliphatic heterocycles. The molecule has 1 amide bonds. The molecule has 0 fully saturated rings. The highest BCUT2D eigenvalue weighted by Gasteiger charge is 2.25. The molecule has 2 aromatic rings. The van der Waals surface area contributed by atoms with Gasteiger partial charge < -0.3 is 10.1 Å². The molecule has 0 radical (unpaired) electrons. The number of halogens is 2. The van der Waals surface area contributed by atoms with Gasteiger partial charge in [-0.2, -0.15) is 0 Å². The Morgan fingerprint density at radius 3 is 2.58 bits per heavy atom. The summed E-state index contributed by atoms with van der Waals surface area (Å²) in [7, 11) is 0. The number of benzene rings is 2. The topological polar surface area (TPSA) is 55.4 Å². The molecule has 4 nitrogen and oxygen atoms in total. The van der Waals surface area contributed by atoms with Crippen LogP contribution >= 0.6 is 23.2 Å². The second kappa shape index (κ2) is 8.11. The van der Waals surface area contributed by atoms with Gasteiger partial charge in [-0.25, -0.2) is 4.79 Å². The SMILES string of the molecule is C[C@H](OC(=O)c1cc(Cl)cc(Cl)c1)C(=O)N[C@@H]1CCCc2ccccc21. The van der Waals surface area contributed by atoms with Gasteiger partial charge in [0.2, 0.25) is 0 Å². The van der Waals surface area contributed by atoms with Crippen molar-refractivity contribution in [1.82, 2.24) is 5.32 Å². The van der Waals surface area contributed by atoms with E-state index in [-0.39, 0.29) is 17.5 Å². The van der Waals surface area contributed by atoms with Crippen molar-refractivity contribution in [3.63, 3.8) is 0 Å². The van der Waals surface area contributed by atoms with Crippen LogP contribution in [0.4, 0.5) is 0 Å². The van der Waals surface area contributed by atoms with Gasteiger partial charge in [-0.3, -0.25) is 4.79 Å². The summed E-state index contributed by atoms with van der Waals surface area (Å²) >= 11 is 11.8. The van der Waals surface area contributed by atoms with Gasteiger partial charge in [-0.05, 0) is 55.5 Å². The predicted octanol–water partition coefficient (Wildman–Crippen LogP) is 4.73. The highest BCUT2D eigenvalue weighted by Crippen LogP contribution is 2.29. The maximum atomic E-state index is 12.5. The first-order chi connectivity index (χ1) is 12.4. The van der Waals surface area contributed by atoms with Crippen LogP contribution in [-0.4, -0.2) is 18.0 Å². The summed E-state index contributed by atoms with van der Waals surface area (Å²) in [6, 6.07) is 12.5. The van der Waals surface area contributed by atoms with Crippen molar-refractivity contribution in [2.45, 2.75) is 38.3 Å². The molecule has 0 heterocycles. The summed E-state index contributed by atoms with van der Waals surface area (Å²) < 4.78 is 5.27. The van der Waals surface area contributed by atoms with E-state index < -0.39 is 12.1 Å². The normalized spacial score (nSPS) is 17.1. The molecule has 0 saturated carbocycles. The van der Waals surface area contributed by atoms with Gasteiger partial charge >= 0.3 is 5.97 Å². The lowest BCUT2D eigenvalue weighted by atomic mass is 9.87. The van der Waals surface area contributed by atoms with Crippen molar-refractivity contribution in [3.05, 3.63) is 69.2 Å². The monoisotopic (exact) mass is 391 g/mol. The Morgan fingerprint density at radius 2 is 1.85 bits per heavy atom. The van der Waals surface area contributed by atoms with Gasteiger partial charge in [0.1, 0.15) is 0 Å². The highest BCUT2D eigenvalue weighted by atomic mass is 35.5. The Bertz CT molecular complexity index is 817. The largest absolute Gasteiger partial charge is 0.449 e. The lowest BCUT2D eigenvalue weighted by Gasteiger charge is -2.27. The van der Waals surface area contributed by atoms with Crippen LogP contribution in [0, 0.1) is 0 Å². The lowest BCUT2D eigenvalue weighted by Crippen LogP contribution is -2.39. The first kappa shape index (κ1) is 18.7. The van der Waals surface area contributed by atoms with E-state index in [1.165, 1.54) is 23.8 Å². The van der Waals surface area contributed by atoms with Gasteiger partial charge in [-0.1, -0.05) is 47.5 Å². The molecule has 136 valence electrons. The second-order valence-electron chi connectivity index (χ2n) is 6.36. The number of hydrogen-bond donors (Lipinski definition) is 1. The van der Waals surface area contributed by atoms with Crippen LogP contribution in [0.1, 0.15) is 47.3 Å². The molecule has 0 unspecified atom stereocenters. The molecule has 0 aromatic heterocycles. The minimum absolute atomic E-state index is 0.0609. The Labute approximate surface area is 162 Å². The van der Waals surface area contributed by atoms with Crippen molar-refractivity contribution in [3.8, 4) is 0 Å². The van der Waals surface area contributed by atoms with E-state index in [0.29, 0.717) is 10.0 Å². The zero-order chi connectivity index (χ0) is 18.7. The van der Waals surface area contributed by atoms with Gasteiger partial charge in [0.05, 0.1) is 11.6 Å². The fourth-order valence-electron chi connectivity index (χ4n) is 3.15. The second-order valence-corrected chi connectivity index (χ2v) is 7.23. The van der Waals surface area contributed by atoms with Gasteiger partial charge in [-0.15, -0.1) is 0 Å². The molecule has 6 heteroatoms. The third kappa shape index (κ3) is 4.37. The number of nitrogens with one attached hydrogen (secondary N) is 1. The van der Waals surface area contributed by atoms with Crippen LogP contribution in [0.2, 0.25) is 10.0 Å². The van der Waals surface area contributed by atoms with E-state index in [0.717, 1.165) is 24.8 Å². The first-order valence-corrected chi connectivity index (χ1v) is 9.25. The third-order valence-electron chi connectivity index (χ3n) is 4.44. The van der Waals surface area contributed by atoms with Crippen molar-refractivity contribution < 1.29 is 14.3 Å². The molecular formula is C20H19Cl2NO3. The summed E-state index contributed by atoms with van der Waals surface area (Å²) in [5.41, 5.74) is 2.60. The number of carbonyl (C=O) groups is 2. The maximum absolute atomic E-state index is 12.5. The van der Waals surface area contributed by atoms with Gasteiger partial charge in [0.15, 0.2) is 6.10 Å². The van der Waals surface area contributed by atoms with Gasteiger partial charge in [0.25, 0.3) is 5.91 Å². The lowest BCUT2D eigenvalue weighted by molar-refractivity contribution is -0.130. The number of fused-ring (bicyclic) bond motifs is 1. The number of aryl methyl sites for hydroxylation is 1. The number of rotatable bonds is 4. The van der Waals surface area contributed by atoms with Gasteiger partial charge in [0, 0.05) is 10.0 Å². The molecule has 1 aliphatic rings. The van der Waals surface area contributed by atoms with Crippen molar-refractivity contribution in [2.75, 3.05) is 0 Å². The van der Waals surface area contributed by atoms with E-state index in [9.17, 15) is 9.59 Å². The zero-order valence-electron chi connectivity index (χ0n) is 14.3. The molecule has 1 aliphatic carbocycles. The van der Waals surface area contributed by atoms with Crippen LogP contribution in [0.3, 0.4) is 0 Å². The smallest absolute Gasteiger partial charge is 0.339 e. The first-order valence-electron chi connectivity index (χ1n) is 8.49. The minimum Gasteiger partial charge on any atom is -0.449 e. The molecule has 0 saturated heterocycles. The Morgan fingerprint density at radius 1 is 1.15 bits per heavy atom. The Kier molecular flexibility index (Phi) is 5.84. The standard InChI is InChI=1S/C20H19Cl2NO3/c1-12(26-20(25)14-9-15(21)11-16(22)10-14)19(24)23-18-8-4-6-13-5-2-3-7-17(13)18/h2-3,5,7,9-12,18H,4,6,8H2,1H3,(H,23,24)/t12-,18+/m0/s1. The maximum Gasteiger partial charge on any atom is 0.339 e. The summed E-state index contributed by atoms with van der Waals surface area (Å²) in [4.78, 5) is 24.7. The molecule has 0 bridgehead atoms. The van der Waals surface area contributed by atoms with Crippen LogP contribution in [-0.2, 0) is 16.0 Å². The third-order valence-corrected chi connectivity index (χ3v) is 4.87. The van der Waals surface area contributed by atoms with E-state index in [1.54, 1.807) is 6.92 Å². The number of amides is 1. The molecule has 3 rings (SSSR count). The zero-order valence-corrected chi connectivity index (χ0v) is 15.8. The van der Waals surface area contributed by atoms with Crippen LogP contribution in [0.15, 0.2) is 42.5 Å². The number of esters is 1. The summed E-state index contributed by atoms with van der Waals surface area (Å²) in [5.74, 6) is -0.964. The fourth-order valence-corrected chi connectivity index (χ4v) is 3.67. The Balaban J connectivity index is 1.64. The quantitative estimate of drug-likeness (QED) is 0.766. The predicted molar refractivity (Wildman–Crippen MR) is 102 cm³/mol. The van der Waals surface area contributed by atoms with E-state index >= 15 is 0 Å². The highest BCUT2D eigenvalue weighted by molar-refractivity contribution is 6.35. The van der Waals surface area contributed by atoms with Crippen LogP contribution < -0.4 is 5.32 Å².